The molecule has 0 aliphatic carbocycles. The summed E-state index contributed by atoms with van der Waals surface area (Å²) in [4.78, 5) is 12.6. The zero-order valence-corrected chi connectivity index (χ0v) is 12.4. The van der Waals surface area contributed by atoms with Crippen LogP contribution < -0.4 is 4.74 Å². The van der Waals surface area contributed by atoms with E-state index < -0.39 is 10.8 Å². The molecule has 0 saturated carbocycles. The molecule has 0 heterocycles. The molecule has 104 valence electrons. The molecule has 2 rings (SSSR count). The van der Waals surface area contributed by atoms with Gasteiger partial charge in [0, 0.05) is 15.5 Å². The second kappa shape index (κ2) is 6.68. The summed E-state index contributed by atoms with van der Waals surface area (Å²) < 4.78 is 17.2. The summed E-state index contributed by atoms with van der Waals surface area (Å²) in [6, 6.07) is 13.5. The zero-order valence-electron chi connectivity index (χ0n) is 10.8. The number of hydrogen-bond donors (Lipinski definition) is 0. The van der Waals surface area contributed by atoms with Crippen LogP contribution in [0.1, 0.15) is 10.4 Å². The highest BCUT2D eigenvalue weighted by Crippen LogP contribution is 2.17. The Balaban J connectivity index is 2.10. The van der Waals surface area contributed by atoms with Gasteiger partial charge in [0.2, 0.25) is 0 Å². The number of ether oxygens (including phenoxy) is 1. The lowest BCUT2D eigenvalue weighted by atomic mass is 10.1. The summed E-state index contributed by atoms with van der Waals surface area (Å²) in [5, 5.41) is 0.565. The highest BCUT2D eigenvalue weighted by Gasteiger charge is 2.12. The first-order valence-corrected chi connectivity index (χ1v) is 7.61. The van der Waals surface area contributed by atoms with Gasteiger partial charge in [-0.05, 0) is 42.5 Å². The largest absolute Gasteiger partial charge is 0.497 e. The molecule has 0 N–H and O–H groups in total. The van der Waals surface area contributed by atoms with E-state index in [-0.39, 0.29) is 11.5 Å². The maximum absolute atomic E-state index is 12.2. The van der Waals surface area contributed by atoms with Crippen molar-refractivity contribution in [2.75, 3.05) is 12.9 Å². The third-order valence-corrected chi connectivity index (χ3v) is 4.29. The molecule has 1 atom stereocenters. The van der Waals surface area contributed by atoms with Crippen LogP contribution in [0.5, 0.6) is 5.75 Å². The molecule has 5 heteroatoms. The zero-order chi connectivity index (χ0) is 14.5. The molecule has 0 aliphatic rings. The average molecular weight is 309 g/mol. The number of benzene rings is 2. The Labute approximate surface area is 125 Å². The molecule has 2 aromatic rings. The molecule has 0 amide bonds. The first kappa shape index (κ1) is 14.8. The van der Waals surface area contributed by atoms with Gasteiger partial charge in [-0.25, -0.2) is 0 Å². The maximum atomic E-state index is 12.2. The number of methoxy groups -OCH3 is 1. The Morgan fingerprint density at radius 3 is 2.55 bits per heavy atom. The van der Waals surface area contributed by atoms with Crippen molar-refractivity contribution in [3.63, 3.8) is 0 Å². The van der Waals surface area contributed by atoms with E-state index in [1.54, 1.807) is 55.6 Å². The van der Waals surface area contributed by atoms with Crippen LogP contribution in [0.4, 0.5) is 0 Å². The first-order chi connectivity index (χ1) is 9.60. The molecule has 0 bridgehead atoms. The normalized spacial score (nSPS) is 11.9. The van der Waals surface area contributed by atoms with Gasteiger partial charge in [-0.2, -0.15) is 0 Å². The Morgan fingerprint density at radius 1 is 1.20 bits per heavy atom. The van der Waals surface area contributed by atoms with E-state index in [9.17, 15) is 9.00 Å². The van der Waals surface area contributed by atoms with Gasteiger partial charge in [-0.3, -0.25) is 9.00 Å². The first-order valence-electron chi connectivity index (χ1n) is 5.91. The number of Topliss-reactive ketones (excluding diaryl/α,β-unsaturated/α-hetero) is 1. The molecule has 1 unspecified atom stereocenters. The summed E-state index contributed by atoms with van der Waals surface area (Å²) in [6.07, 6.45) is 0. The van der Waals surface area contributed by atoms with Gasteiger partial charge >= 0.3 is 0 Å². The van der Waals surface area contributed by atoms with Gasteiger partial charge in [0.15, 0.2) is 5.78 Å². The number of rotatable bonds is 5. The number of carbonyl (C=O) groups excluding carboxylic acids is 1. The number of hydrogen-bond acceptors (Lipinski definition) is 3. The summed E-state index contributed by atoms with van der Waals surface area (Å²) in [5.74, 6) is 0.382. The molecule has 0 spiro atoms. The molecule has 0 fully saturated rings. The Kier molecular flexibility index (Phi) is 4.93. The third-order valence-electron chi connectivity index (χ3n) is 2.73. The van der Waals surface area contributed by atoms with E-state index >= 15 is 0 Å². The van der Waals surface area contributed by atoms with Crippen LogP contribution in [0.3, 0.4) is 0 Å². The van der Waals surface area contributed by atoms with Crippen LogP contribution in [0, 0.1) is 0 Å². The van der Waals surface area contributed by atoms with Crippen LogP contribution in [0.2, 0.25) is 5.02 Å². The Bertz CT molecular complexity index is 638. The van der Waals surface area contributed by atoms with Gasteiger partial charge in [0.1, 0.15) is 5.75 Å². The van der Waals surface area contributed by atoms with Gasteiger partial charge in [0.05, 0.1) is 23.7 Å². The van der Waals surface area contributed by atoms with E-state index in [0.717, 1.165) is 0 Å². The third kappa shape index (κ3) is 3.68. The highest BCUT2D eigenvalue weighted by molar-refractivity contribution is 7.85. The van der Waals surface area contributed by atoms with Crippen molar-refractivity contribution in [1.82, 2.24) is 0 Å². The summed E-state index contributed by atoms with van der Waals surface area (Å²) in [6.45, 7) is 0. The Hall–Kier alpha value is -1.65. The summed E-state index contributed by atoms with van der Waals surface area (Å²) in [7, 11) is 0.149. The molecule has 0 aliphatic heterocycles. The predicted octanol–water partition coefficient (Wildman–Crippen LogP) is 3.34. The molecule has 3 nitrogen and oxygen atoms in total. The fourth-order valence-electron chi connectivity index (χ4n) is 1.66. The minimum atomic E-state index is -1.39. The minimum absolute atomic E-state index is 0.0607. The maximum Gasteiger partial charge on any atom is 0.175 e. The summed E-state index contributed by atoms with van der Waals surface area (Å²) in [5.41, 5.74) is 0.505. The lowest BCUT2D eigenvalue weighted by molar-refractivity contribution is 0.102. The molecule has 20 heavy (non-hydrogen) atoms. The Morgan fingerprint density at radius 2 is 1.90 bits per heavy atom. The lowest BCUT2D eigenvalue weighted by Gasteiger charge is -2.05. The smallest absolute Gasteiger partial charge is 0.175 e. The molecule has 0 aromatic heterocycles. The molecular formula is C15H13ClO3S. The van der Waals surface area contributed by atoms with Gasteiger partial charge in [0.25, 0.3) is 0 Å². The minimum Gasteiger partial charge on any atom is -0.497 e. The lowest BCUT2D eigenvalue weighted by Crippen LogP contribution is -2.11. The van der Waals surface area contributed by atoms with Crippen molar-refractivity contribution >= 4 is 28.2 Å². The quantitative estimate of drug-likeness (QED) is 0.796. The predicted molar refractivity (Wildman–Crippen MR) is 80.1 cm³/mol. The van der Waals surface area contributed by atoms with Crippen molar-refractivity contribution in [2.24, 2.45) is 0 Å². The van der Waals surface area contributed by atoms with E-state index in [0.29, 0.717) is 21.2 Å². The van der Waals surface area contributed by atoms with Crippen molar-refractivity contribution in [1.29, 1.82) is 0 Å². The second-order valence-corrected chi connectivity index (χ2v) is 5.99. The average Bonchev–Trinajstić information content (AvgIpc) is 2.47. The van der Waals surface area contributed by atoms with Crippen LogP contribution in [-0.4, -0.2) is 22.9 Å². The SMILES string of the molecule is COc1cccc(S(=O)CC(=O)c2ccc(Cl)cc2)c1. The van der Waals surface area contributed by atoms with Crippen molar-refractivity contribution < 1.29 is 13.7 Å². The topological polar surface area (TPSA) is 43.4 Å². The van der Waals surface area contributed by atoms with Crippen LogP contribution in [0.25, 0.3) is 0 Å². The molecule has 0 saturated heterocycles. The van der Waals surface area contributed by atoms with Gasteiger partial charge in [-0.1, -0.05) is 17.7 Å². The van der Waals surface area contributed by atoms with Gasteiger partial charge < -0.3 is 4.74 Å². The van der Waals surface area contributed by atoms with Gasteiger partial charge in [-0.15, -0.1) is 0 Å². The fraction of sp³-hybridized carbons (Fsp3) is 0.133. The van der Waals surface area contributed by atoms with Crippen LogP contribution in [-0.2, 0) is 10.8 Å². The van der Waals surface area contributed by atoms with Crippen LogP contribution in [0.15, 0.2) is 53.4 Å². The second-order valence-electron chi connectivity index (χ2n) is 4.10. The van der Waals surface area contributed by atoms with Crippen molar-refractivity contribution in [3.05, 3.63) is 59.1 Å². The van der Waals surface area contributed by atoms with Crippen molar-refractivity contribution in [3.8, 4) is 5.75 Å². The molecular weight excluding hydrogens is 296 g/mol. The number of ketones is 1. The fourth-order valence-corrected chi connectivity index (χ4v) is 2.84. The van der Waals surface area contributed by atoms with E-state index in [1.807, 2.05) is 0 Å². The number of carbonyl (C=O) groups is 1. The molecule has 2 aromatic carbocycles. The summed E-state index contributed by atoms with van der Waals surface area (Å²) >= 11 is 5.77. The standard InChI is InChI=1S/C15H13ClO3S/c1-19-13-3-2-4-14(9-13)20(18)10-15(17)11-5-7-12(16)8-6-11/h2-9H,10H2,1H3. The highest BCUT2D eigenvalue weighted by atomic mass is 35.5. The van der Waals surface area contributed by atoms with Crippen LogP contribution >= 0.6 is 11.6 Å². The van der Waals surface area contributed by atoms with E-state index in [2.05, 4.69) is 0 Å². The van der Waals surface area contributed by atoms with E-state index in [4.69, 9.17) is 16.3 Å². The monoisotopic (exact) mass is 308 g/mol. The van der Waals surface area contributed by atoms with E-state index in [1.165, 1.54) is 0 Å². The number of halogens is 1. The molecule has 0 radical (unpaired) electrons. The van der Waals surface area contributed by atoms with Crippen molar-refractivity contribution in [2.45, 2.75) is 4.90 Å².